The van der Waals surface area contributed by atoms with Gasteiger partial charge in [-0.3, -0.25) is 4.79 Å². The van der Waals surface area contributed by atoms with Gasteiger partial charge < -0.3 is 10.0 Å². The first-order chi connectivity index (χ1) is 9.02. The maximum atomic E-state index is 11.9. The lowest BCUT2D eigenvalue weighted by Crippen LogP contribution is -2.36. The molecule has 2 rings (SSSR count). The SMILES string of the molecule is O=C(O)c1ccc2c(c1)CCC(=O)N2C/C(Cl)=C/Cl. The van der Waals surface area contributed by atoms with Crippen LogP contribution in [-0.2, 0) is 11.2 Å². The zero-order valence-electron chi connectivity index (χ0n) is 9.90. The van der Waals surface area contributed by atoms with Crippen LogP contribution in [0.4, 0.5) is 5.69 Å². The Morgan fingerprint density at radius 2 is 2.16 bits per heavy atom. The molecular formula is C13H11Cl2NO3. The third-order valence-corrected chi connectivity index (χ3v) is 3.56. The molecule has 0 unspecified atom stereocenters. The molecule has 0 atom stereocenters. The summed E-state index contributed by atoms with van der Waals surface area (Å²) in [6.07, 6.45) is 0.872. The fraction of sp³-hybridized carbons (Fsp3) is 0.231. The van der Waals surface area contributed by atoms with Crippen LogP contribution in [0.25, 0.3) is 0 Å². The Hall–Kier alpha value is -1.52. The van der Waals surface area contributed by atoms with Crippen LogP contribution < -0.4 is 4.90 Å². The van der Waals surface area contributed by atoms with Gasteiger partial charge in [-0.15, -0.1) is 0 Å². The van der Waals surface area contributed by atoms with Crippen LogP contribution in [-0.4, -0.2) is 23.5 Å². The minimum absolute atomic E-state index is 0.0489. The Labute approximate surface area is 120 Å². The van der Waals surface area contributed by atoms with Gasteiger partial charge in [0, 0.05) is 22.7 Å². The van der Waals surface area contributed by atoms with E-state index in [1.165, 1.54) is 16.5 Å². The first-order valence-electron chi connectivity index (χ1n) is 5.64. The van der Waals surface area contributed by atoms with Crippen LogP contribution in [0.3, 0.4) is 0 Å². The van der Waals surface area contributed by atoms with Crippen LogP contribution in [0, 0.1) is 0 Å². The predicted molar refractivity (Wildman–Crippen MR) is 73.9 cm³/mol. The summed E-state index contributed by atoms with van der Waals surface area (Å²) in [5, 5.41) is 9.31. The number of carbonyl (C=O) groups is 2. The van der Waals surface area contributed by atoms with Crippen molar-refractivity contribution in [1.82, 2.24) is 0 Å². The van der Waals surface area contributed by atoms with Crippen LogP contribution in [0.5, 0.6) is 0 Å². The lowest BCUT2D eigenvalue weighted by molar-refractivity contribution is -0.118. The van der Waals surface area contributed by atoms with Crippen LogP contribution >= 0.6 is 23.2 Å². The van der Waals surface area contributed by atoms with Gasteiger partial charge in [-0.05, 0) is 30.2 Å². The molecule has 1 aromatic rings. The minimum Gasteiger partial charge on any atom is -0.478 e. The van der Waals surface area contributed by atoms with E-state index < -0.39 is 5.97 Å². The van der Waals surface area contributed by atoms with Crippen molar-refractivity contribution in [3.63, 3.8) is 0 Å². The second-order valence-electron chi connectivity index (χ2n) is 4.18. The van der Waals surface area contributed by atoms with E-state index in [0.717, 1.165) is 5.56 Å². The molecular weight excluding hydrogens is 289 g/mol. The summed E-state index contributed by atoms with van der Waals surface area (Å²) in [4.78, 5) is 24.4. The lowest BCUT2D eigenvalue weighted by atomic mass is 9.98. The van der Waals surface area contributed by atoms with Crippen molar-refractivity contribution in [3.05, 3.63) is 39.9 Å². The van der Waals surface area contributed by atoms with Crippen molar-refractivity contribution in [2.75, 3.05) is 11.4 Å². The van der Waals surface area contributed by atoms with E-state index in [2.05, 4.69) is 0 Å². The number of halogens is 2. The Balaban J connectivity index is 2.39. The van der Waals surface area contributed by atoms with E-state index in [-0.39, 0.29) is 18.0 Å². The summed E-state index contributed by atoms with van der Waals surface area (Å²) in [6.45, 7) is 0.198. The van der Waals surface area contributed by atoms with E-state index in [4.69, 9.17) is 28.3 Å². The number of rotatable bonds is 3. The standard InChI is InChI=1S/C13H11Cl2NO3/c14-6-10(15)7-16-11-3-1-9(13(18)19)5-8(11)2-4-12(16)17/h1,3,5-6H,2,4,7H2,(H,18,19)/b10-6-. The number of fused-ring (bicyclic) bond motifs is 1. The molecule has 0 aliphatic carbocycles. The molecule has 100 valence electrons. The molecule has 0 fully saturated rings. The Kier molecular flexibility index (Phi) is 4.12. The summed E-state index contributed by atoms with van der Waals surface area (Å²) in [6, 6.07) is 4.70. The van der Waals surface area contributed by atoms with E-state index >= 15 is 0 Å². The van der Waals surface area contributed by atoms with Crippen molar-refractivity contribution >= 4 is 40.8 Å². The predicted octanol–water partition coefficient (Wildman–Crippen LogP) is 2.98. The molecule has 1 aliphatic heterocycles. The Morgan fingerprint density at radius 3 is 2.79 bits per heavy atom. The molecule has 0 radical (unpaired) electrons. The van der Waals surface area contributed by atoms with Crippen LogP contribution in [0.1, 0.15) is 22.3 Å². The number of anilines is 1. The molecule has 1 amide bonds. The number of benzene rings is 1. The summed E-state index contributed by atoms with van der Waals surface area (Å²) in [5.74, 6) is -1.03. The average Bonchev–Trinajstić information content (AvgIpc) is 2.41. The van der Waals surface area contributed by atoms with E-state index in [0.29, 0.717) is 23.6 Å². The molecule has 1 aliphatic rings. The largest absolute Gasteiger partial charge is 0.478 e. The fourth-order valence-corrected chi connectivity index (χ4v) is 2.24. The normalized spacial score (nSPS) is 15.4. The molecule has 4 nitrogen and oxygen atoms in total. The minimum atomic E-state index is -0.982. The van der Waals surface area contributed by atoms with Gasteiger partial charge >= 0.3 is 5.97 Å². The molecule has 1 N–H and O–H groups in total. The summed E-state index contributed by atoms with van der Waals surface area (Å²) in [5.41, 5.74) is 2.96. The Bertz CT molecular complexity index is 569. The van der Waals surface area contributed by atoms with Crippen LogP contribution in [0.2, 0.25) is 0 Å². The number of nitrogens with zero attached hydrogens (tertiary/aromatic N) is 1. The number of aromatic carboxylic acids is 1. The van der Waals surface area contributed by atoms with Gasteiger partial charge in [0.1, 0.15) is 0 Å². The maximum absolute atomic E-state index is 11.9. The first-order valence-corrected chi connectivity index (χ1v) is 6.45. The third kappa shape index (κ3) is 2.91. The van der Waals surface area contributed by atoms with Gasteiger partial charge in [0.15, 0.2) is 0 Å². The van der Waals surface area contributed by atoms with E-state index in [1.54, 1.807) is 12.1 Å². The highest BCUT2D eigenvalue weighted by molar-refractivity contribution is 6.37. The molecule has 0 aromatic heterocycles. The quantitative estimate of drug-likeness (QED) is 0.933. The smallest absolute Gasteiger partial charge is 0.335 e. The number of carbonyl (C=O) groups excluding carboxylic acids is 1. The second-order valence-corrected chi connectivity index (χ2v) is 4.89. The summed E-state index contributed by atoms with van der Waals surface area (Å²) in [7, 11) is 0. The second kappa shape index (κ2) is 5.63. The van der Waals surface area contributed by atoms with Gasteiger partial charge in [0.25, 0.3) is 0 Å². The van der Waals surface area contributed by atoms with Crippen molar-refractivity contribution in [2.45, 2.75) is 12.8 Å². The number of aryl methyl sites for hydroxylation is 1. The highest BCUT2D eigenvalue weighted by Gasteiger charge is 2.25. The number of hydrogen-bond acceptors (Lipinski definition) is 2. The molecule has 1 aromatic carbocycles. The molecule has 0 spiro atoms. The molecule has 19 heavy (non-hydrogen) atoms. The average molecular weight is 300 g/mol. The fourth-order valence-electron chi connectivity index (χ4n) is 2.05. The van der Waals surface area contributed by atoms with Crippen molar-refractivity contribution in [2.24, 2.45) is 0 Å². The van der Waals surface area contributed by atoms with Gasteiger partial charge in [0.2, 0.25) is 5.91 Å². The molecule has 6 heteroatoms. The van der Waals surface area contributed by atoms with E-state index in [9.17, 15) is 9.59 Å². The first kappa shape index (κ1) is 13.9. The van der Waals surface area contributed by atoms with Gasteiger partial charge in [0.05, 0.1) is 12.1 Å². The van der Waals surface area contributed by atoms with Crippen molar-refractivity contribution < 1.29 is 14.7 Å². The van der Waals surface area contributed by atoms with Gasteiger partial charge in [-0.2, -0.15) is 0 Å². The molecule has 0 bridgehead atoms. The van der Waals surface area contributed by atoms with Gasteiger partial charge in [-0.1, -0.05) is 23.2 Å². The van der Waals surface area contributed by atoms with Crippen molar-refractivity contribution in [3.8, 4) is 0 Å². The zero-order valence-corrected chi connectivity index (χ0v) is 11.4. The maximum Gasteiger partial charge on any atom is 0.335 e. The highest BCUT2D eigenvalue weighted by atomic mass is 35.5. The van der Waals surface area contributed by atoms with E-state index in [1.807, 2.05) is 0 Å². The van der Waals surface area contributed by atoms with Crippen molar-refractivity contribution in [1.29, 1.82) is 0 Å². The number of amides is 1. The molecule has 1 heterocycles. The van der Waals surface area contributed by atoms with Crippen LogP contribution in [0.15, 0.2) is 28.8 Å². The lowest BCUT2D eigenvalue weighted by Gasteiger charge is -2.29. The number of carboxylic acids is 1. The third-order valence-electron chi connectivity index (χ3n) is 2.95. The molecule has 0 saturated carbocycles. The topological polar surface area (TPSA) is 57.6 Å². The molecule has 0 saturated heterocycles. The number of carboxylic acid groups (broad SMARTS) is 1. The van der Waals surface area contributed by atoms with Gasteiger partial charge in [-0.25, -0.2) is 4.79 Å². The Morgan fingerprint density at radius 1 is 1.42 bits per heavy atom. The highest BCUT2D eigenvalue weighted by Crippen LogP contribution is 2.30. The summed E-state index contributed by atoms with van der Waals surface area (Å²) < 4.78 is 0. The summed E-state index contributed by atoms with van der Waals surface area (Å²) >= 11 is 11.4. The monoisotopic (exact) mass is 299 g/mol. The number of hydrogen-bond donors (Lipinski definition) is 1. The zero-order chi connectivity index (χ0) is 14.0.